The Balaban J connectivity index is 1.80. The molecule has 0 amide bonds. The number of benzene rings is 1. The van der Waals surface area contributed by atoms with Gasteiger partial charge in [0.15, 0.2) is 0 Å². The van der Waals surface area contributed by atoms with Crippen LogP contribution in [-0.2, 0) is 6.42 Å². The predicted molar refractivity (Wildman–Crippen MR) is 99.5 cm³/mol. The first kappa shape index (κ1) is 16.8. The zero-order valence-electron chi connectivity index (χ0n) is 14.3. The van der Waals surface area contributed by atoms with Gasteiger partial charge in [0.25, 0.3) is 0 Å². The smallest absolute Gasteiger partial charge is 0.106 e. The molecule has 0 spiro atoms. The van der Waals surface area contributed by atoms with Crippen molar-refractivity contribution >= 4 is 15.9 Å². The maximum absolute atomic E-state index is 4.46. The Bertz CT molecular complexity index is 627. The summed E-state index contributed by atoms with van der Waals surface area (Å²) < 4.78 is 1.27. The quantitative estimate of drug-likeness (QED) is 0.704. The Kier molecular flexibility index (Phi) is 4.96. The van der Waals surface area contributed by atoms with Crippen molar-refractivity contribution in [1.82, 2.24) is 9.97 Å². The minimum atomic E-state index is 0.331. The van der Waals surface area contributed by atoms with Crippen LogP contribution in [-0.4, -0.2) is 9.97 Å². The Morgan fingerprint density at radius 2 is 2.00 bits per heavy atom. The van der Waals surface area contributed by atoms with E-state index >= 15 is 0 Å². The van der Waals surface area contributed by atoms with Crippen LogP contribution in [0.25, 0.3) is 0 Å². The molecule has 1 N–H and O–H groups in total. The topological polar surface area (TPSA) is 28.7 Å². The summed E-state index contributed by atoms with van der Waals surface area (Å²) in [6.07, 6.45) is 8.73. The molecule has 1 fully saturated rings. The maximum atomic E-state index is 4.46. The lowest BCUT2D eigenvalue weighted by molar-refractivity contribution is 0.0943. The monoisotopic (exact) mass is 374 g/mol. The van der Waals surface area contributed by atoms with Gasteiger partial charge in [0.05, 0.1) is 0 Å². The number of imidazole rings is 1. The summed E-state index contributed by atoms with van der Waals surface area (Å²) in [7, 11) is 0. The molecule has 1 aromatic carbocycles. The first-order valence-corrected chi connectivity index (χ1v) is 9.47. The molecule has 1 aliphatic rings. The van der Waals surface area contributed by atoms with Crippen LogP contribution in [0.4, 0.5) is 0 Å². The molecule has 3 atom stereocenters. The lowest BCUT2D eigenvalue weighted by Crippen LogP contribution is -2.35. The fourth-order valence-electron chi connectivity index (χ4n) is 4.28. The van der Waals surface area contributed by atoms with E-state index < -0.39 is 0 Å². The molecule has 23 heavy (non-hydrogen) atoms. The molecule has 124 valence electrons. The second-order valence-corrected chi connectivity index (χ2v) is 8.86. The number of hydrogen-bond donors (Lipinski definition) is 1. The zero-order chi connectivity index (χ0) is 16.4. The first-order chi connectivity index (χ1) is 10.9. The zero-order valence-corrected chi connectivity index (χ0v) is 15.9. The third-order valence-corrected chi connectivity index (χ3v) is 6.18. The van der Waals surface area contributed by atoms with Crippen LogP contribution in [0.5, 0.6) is 0 Å². The van der Waals surface area contributed by atoms with Gasteiger partial charge in [-0.2, -0.15) is 0 Å². The van der Waals surface area contributed by atoms with E-state index in [9.17, 15) is 0 Å². The highest BCUT2D eigenvalue weighted by Crippen LogP contribution is 2.49. The van der Waals surface area contributed by atoms with Crippen molar-refractivity contribution in [2.45, 2.75) is 52.4 Å². The summed E-state index contributed by atoms with van der Waals surface area (Å²) in [6.45, 7) is 7.19. The van der Waals surface area contributed by atoms with E-state index in [1.54, 1.807) is 0 Å². The van der Waals surface area contributed by atoms with Crippen LogP contribution in [0.3, 0.4) is 0 Å². The summed E-state index contributed by atoms with van der Waals surface area (Å²) >= 11 is 3.75. The average molecular weight is 375 g/mol. The molecule has 2 aromatic rings. The van der Waals surface area contributed by atoms with Crippen molar-refractivity contribution in [3.63, 3.8) is 0 Å². The number of H-pyrrole nitrogens is 1. The van der Waals surface area contributed by atoms with E-state index in [2.05, 4.69) is 70.9 Å². The highest BCUT2D eigenvalue weighted by Gasteiger charge is 2.38. The van der Waals surface area contributed by atoms with Gasteiger partial charge in [0.2, 0.25) is 0 Å². The molecule has 1 saturated carbocycles. The molecule has 3 unspecified atom stereocenters. The van der Waals surface area contributed by atoms with Crippen LogP contribution in [0.1, 0.15) is 57.3 Å². The van der Waals surface area contributed by atoms with Crippen molar-refractivity contribution in [3.05, 3.63) is 52.5 Å². The third kappa shape index (κ3) is 3.88. The van der Waals surface area contributed by atoms with E-state index in [1.165, 1.54) is 29.3 Å². The van der Waals surface area contributed by atoms with Gasteiger partial charge in [-0.05, 0) is 54.1 Å². The summed E-state index contributed by atoms with van der Waals surface area (Å²) in [5, 5.41) is 0. The summed E-state index contributed by atoms with van der Waals surface area (Å²) in [5.41, 5.74) is 1.81. The van der Waals surface area contributed by atoms with Gasteiger partial charge in [0, 0.05) is 23.3 Å². The Labute approximate surface area is 148 Å². The Hall–Kier alpha value is -1.09. The fourth-order valence-corrected chi connectivity index (χ4v) is 4.89. The Morgan fingerprint density at radius 3 is 2.65 bits per heavy atom. The van der Waals surface area contributed by atoms with E-state index in [0.717, 1.165) is 24.1 Å². The van der Waals surface area contributed by atoms with Gasteiger partial charge >= 0.3 is 0 Å². The van der Waals surface area contributed by atoms with Crippen LogP contribution < -0.4 is 0 Å². The lowest BCUT2D eigenvalue weighted by Gasteiger charge is -2.43. The standard InChI is InChI=1S/C20H27BrN2/c1-20(2,3)17-12-14(16-6-4-5-7-18(16)21)8-9-15(17)13-19-22-10-11-23-19/h4-7,10-11,14-15,17H,8-9,12-13H2,1-3H3,(H,22,23). The minimum Gasteiger partial charge on any atom is -0.349 e. The van der Waals surface area contributed by atoms with Crippen molar-refractivity contribution in [2.75, 3.05) is 0 Å². The number of aromatic amines is 1. The maximum Gasteiger partial charge on any atom is 0.106 e. The third-order valence-electron chi connectivity index (χ3n) is 5.46. The molecule has 1 heterocycles. The molecule has 0 saturated heterocycles. The SMILES string of the molecule is CC(C)(C)C1CC(c2ccccc2Br)CCC1Cc1ncc[nH]1. The summed E-state index contributed by atoms with van der Waals surface area (Å²) in [6, 6.07) is 8.75. The van der Waals surface area contributed by atoms with Crippen molar-refractivity contribution in [2.24, 2.45) is 17.3 Å². The van der Waals surface area contributed by atoms with Gasteiger partial charge in [-0.25, -0.2) is 4.98 Å². The van der Waals surface area contributed by atoms with Crippen LogP contribution in [0, 0.1) is 17.3 Å². The molecular weight excluding hydrogens is 348 g/mol. The van der Waals surface area contributed by atoms with Crippen molar-refractivity contribution in [3.8, 4) is 0 Å². The normalized spacial score (nSPS) is 25.5. The largest absolute Gasteiger partial charge is 0.349 e. The van der Waals surface area contributed by atoms with E-state index in [0.29, 0.717) is 11.3 Å². The number of nitrogens with one attached hydrogen (secondary N) is 1. The summed E-state index contributed by atoms with van der Waals surface area (Å²) in [5.74, 6) is 3.25. The highest BCUT2D eigenvalue weighted by molar-refractivity contribution is 9.10. The van der Waals surface area contributed by atoms with Crippen molar-refractivity contribution in [1.29, 1.82) is 0 Å². The highest BCUT2D eigenvalue weighted by atomic mass is 79.9. The molecular formula is C20H27BrN2. The lowest BCUT2D eigenvalue weighted by atomic mass is 9.62. The number of nitrogens with zero attached hydrogens (tertiary/aromatic N) is 1. The van der Waals surface area contributed by atoms with Gasteiger partial charge in [-0.3, -0.25) is 0 Å². The van der Waals surface area contributed by atoms with Crippen LogP contribution in [0.2, 0.25) is 0 Å². The first-order valence-electron chi connectivity index (χ1n) is 8.68. The molecule has 1 aliphatic carbocycles. The molecule has 0 radical (unpaired) electrons. The van der Waals surface area contributed by atoms with Gasteiger partial charge < -0.3 is 4.98 Å². The molecule has 0 bridgehead atoms. The van der Waals surface area contributed by atoms with Gasteiger partial charge in [0.1, 0.15) is 5.82 Å². The number of hydrogen-bond acceptors (Lipinski definition) is 1. The second kappa shape index (κ2) is 6.80. The van der Waals surface area contributed by atoms with E-state index in [1.807, 2.05) is 12.4 Å². The Morgan fingerprint density at radius 1 is 1.22 bits per heavy atom. The predicted octanol–water partition coefficient (Wildman–Crippen LogP) is 5.96. The number of halogens is 1. The van der Waals surface area contributed by atoms with E-state index in [4.69, 9.17) is 0 Å². The van der Waals surface area contributed by atoms with Gasteiger partial charge in [-0.15, -0.1) is 0 Å². The van der Waals surface area contributed by atoms with Crippen LogP contribution in [0.15, 0.2) is 41.1 Å². The molecule has 3 rings (SSSR count). The fraction of sp³-hybridized carbons (Fsp3) is 0.550. The second-order valence-electron chi connectivity index (χ2n) is 8.00. The molecule has 1 aromatic heterocycles. The van der Waals surface area contributed by atoms with Crippen molar-refractivity contribution < 1.29 is 0 Å². The average Bonchev–Trinajstić information content (AvgIpc) is 3.00. The molecule has 2 nitrogen and oxygen atoms in total. The minimum absolute atomic E-state index is 0.331. The van der Waals surface area contributed by atoms with E-state index in [-0.39, 0.29) is 0 Å². The molecule has 0 aliphatic heterocycles. The number of aromatic nitrogens is 2. The van der Waals surface area contributed by atoms with Gasteiger partial charge in [-0.1, -0.05) is 54.9 Å². The summed E-state index contributed by atoms with van der Waals surface area (Å²) in [4.78, 5) is 7.74. The number of rotatable bonds is 3. The van der Waals surface area contributed by atoms with Crippen LogP contribution >= 0.6 is 15.9 Å². The molecule has 3 heteroatoms.